The fourth-order valence-electron chi connectivity index (χ4n) is 4.99. The Morgan fingerprint density at radius 1 is 1.21 bits per heavy atom. The van der Waals surface area contributed by atoms with Gasteiger partial charge in [0.1, 0.15) is 11.7 Å². The van der Waals surface area contributed by atoms with Crippen LogP contribution in [0, 0.1) is 0 Å². The SMILES string of the molecule is CC(C)N1CCN(c2cc3c(cc2NC(=O)c2cnn4cccnc24)CN(CC(F)C(C)(C)O)C3=O)CC1. The number of benzene rings is 1. The highest BCUT2D eigenvalue weighted by Crippen LogP contribution is 2.36. The molecule has 0 radical (unpaired) electrons. The molecule has 1 fully saturated rings. The summed E-state index contributed by atoms with van der Waals surface area (Å²) in [6.45, 7) is 10.3. The van der Waals surface area contributed by atoms with E-state index < -0.39 is 11.8 Å². The molecule has 2 aromatic heterocycles. The zero-order chi connectivity index (χ0) is 27.2. The van der Waals surface area contributed by atoms with Gasteiger partial charge >= 0.3 is 0 Å². The molecule has 1 unspecified atom stereocenters. The van der Waals surface area contributed by atoms with E-state index in [1.165, 1.54) is 29.5 Å². The summed E-state index contributed by atoms with van der Waals surface area (Å²) in [7, 11) is 0. The van der Waals surface area contributed by atoms with E-state index in [0.29, 0.717) is 34.1 Å². The van der Waals surface area contributed by atoms with E-state index in [1.54, 1.807) is 18.5 Å². The predicted molar refractivity (Wildman–Crippen MR) is 142 cm³/mol. The second-order valence-electron chi connectivity index (χ2n) is 10.9. The average molecular weight is 524 g/mol. The Bertz CT molecular complexity index is 1360. The van der Waals surface area contributed by atoms with Crippen molar-refractivity contribution in [1.29, 1.82) is 0 Å². The van der Waals surface area contributed by atoms with Gasteiger partial charge in [0.15, 0.2) is 5.65 Å². The lowest BCUT2D eigenvalue weighted by molar-refractivity contribution is -0.0159. The molecule has 10 nitrogen and oxygen atoms in total. The van der Waals surface area contributed by atoms with Gasteiger partial charge in [-0.2, -0.15) is 5.10 Å². The van der Waals surface area contributed by atoms with E-state index in [0.717, 1.165) is 31.9 Å². The molecule has 11 heteroatoms. The number of nitrogens with zero attached hydrogens (tertiary/aromatic N) is 6. The van der Waals surface area contributed by atoms with Gasteiger partial charge in [-0.25, -0.2) is 13.9 Å². The van der Waals surface area contributed by atoms with Crippen LogP contribution in [0.4, 0.5) is 15.8 Å². The van der Waals surface area contributed by atoms with Crippen LogP contribution >= 0.6 is 0 Å². The minimum atomic E-state index is -1.59. The van der Waals surface area contributed by atoms with E-state index in [2.05, 4.69) is 39.0 Å². The molecule has 1 atom stereocenters. The van der Waals surface area contributed by atoms with Gasteiger partial charge in [-0.15, -0.1) is 0 Å². The number of piperazine rings is 1. The van der Waals surface area contributed by atoms with Crippen LogP contribution in [-0.2, 0) is 6.54 Å². The number of nitrogens with one attached hydrogen (secondary N) is 1. The molecule has 0 bridgehead atoms. The number of hydrogen-bond acceptors (Lipinski definition) is 7. The molecule has 2 aliphatic rings. The third-order valence-corrected chi connectivity index (χ3v) is 7.40. The van der Waals surface area contributed by atoms with Crippen LogP contribution in [0.3, 0.4) is 0 Å². The number of amides is 2. The molecule has 2 aliphatic heterocycles. The summed E-state index contributed by atoms with van der Waals surface area (Å²) in [5.74, 6) is -0.633. The predicted octanol–water partition coefficient (Wildman–Crippen LogP) is 2.58. The van der Waals surface area contributed by atoms with Crippen molar-refractivity contribution < 1.29 is 19.1 Å². The molecule has 3 aromatic rings. The van der Waals surface area contributed by atoms with Gasteiger partial charge in [0, 0.05) is 56.7 Å². The quantitative estimate of drug-likeness (QED) is 0.490. The van der Waals surface area contributed by atoms with Crippen LogP contribution in [-0.4, -0.2) is 91.9 Å². The summed E-state index contributed by atoms with van der Waals surface area (Å²) in [6, 6.07) is 5.79. The number of alkyl halides is 1. The number of carbonyl (C=O) groups excluding carboxylic acids is 2. The van der Waals surface area contributed by atoms with Crippen molar-refractivity contribution in [3.05, 3.63) is 53.5 Å². The smallest absolute Gasteiger partial charge is 0.261 e. The Labute approximate surface area is 221 Å². The summed E-state index contributed by atoms with van der Waals surface area (Å²) in [5.41, 5.74) is 1.75. The Morgan fingerprint density at radius 2 is 1.95 bits per heavy atom. The second-order valence-corrected chi connectivity index (χ2v) is 10.9. The summed E-state index contributed by atoms with van der Waals surface area (Å²) in [4.78, 5) is 36.9. The minimum Gasteiger partial charge on any atom is -0.387 e. The molecule has 2 N–H and O–H groups in total. The summed E-state index contributed by atoms with van der Waals surface area (Å²) < 4.78 is 16.2. The first kappa shape index (κ1) is 26.1. The number of aromatic nitrogens is 3. The third kappa shape index (κ3) is 4.95. The molecule has 1 aromatic carbocycles. The lowest BCUT2D eigenvalue weighted by Gasteiger charge is -2.39. The van der Waals surface area contributed by atoms with Crippen molar-refractivity contribution in [2.75, 3.05) is 42.9 Å². The van der Waals surface area contributed by atoms with E-state index >= 15 is 0 Å². The minimum absolute atomic E-state index is 0.202. The molecule has 0 saturated carbocycles. The molecule has 38 heavy (non-hydrogen) atoms. The Balaban J connectivity index is 1.46. The van der Waals surface area contributed by atoms with Crippen LogP contribution in [0.1, 0.15) is 54.0 Å². The lowest BCUT2D eigenvalue weighted by Crippen LogP contribution is -2.49. The van der Waals surface area contributed by atoms with Crippen molar-refractivity contribution >= 4 is 28.8 Å². The number of anilines is 2. The fourth-order valence-corrected chi connectivity index (χ4v) is 4.99. The normalized spacial score (nSPS) is 17.4. The maximum atomic E-state index is 14.6. The summed E-state index contributed by atoms with van der Waals surface area (Å²) in [6.07, 6.45) is 3.22. The van der Waals surface area contributed by atoms with Gasteiger partial charge in [0.25, 0.3) is 11.8 Å². The molecular weight excluding hydrogens is 489 g/mol. The van der Waals surface area contributed by atoms with Crippen molar-refractivity contribution in [1.82, 2.24) is 24.4 Å². The fraction of sp³-hybridized carbons (Fsp3) is 0.481. The molecule has 2 amide bonds. The zero-order valence-corrected chi connectivity index (χ0v) is 22.2. The second kappa shape index (κ2) is 9.95. The maximum Gasteiger partial charge on any atom is 0.261 e. The largest absolute Gasteiger partial charge is 0.387 e. The number of fused-ring (bicyclic) bond motifs is 2. The third-order valence-electron chi connectivity index (χ3n) is 7.40. The summed E-state index contributed by atoms with van der Waals surface area (Å²) in [5, 5.41) is 17.3. The molecule has 0 spiro atoms. The molecule has 4 heterocycles. The lowest BCUT2D eigenvalue weighted by atomic mass is 10.0. The number of rotatable bonds is 7. The van der Waals surface area contributed by atoms with E-state index in [1.807, 2.05) is 12.1 Å². The Kier molecular flexibility index (Phi) is 6.83. The highest BCUT2D eigenvalue weighted by Gasteiger charge is 2.36. The average Bonchev–Trinajstić information content (AvgIpc) is 3.44. The van der Waals surface area contributed by atoms with Crippen molar-refractivity contribution in [2.45, 2.75) is 52.1 Å². The highest BCUT2D eigenvalue weighted by atomic mass is 19.1. The van der Waals surface area contributed by atoms with Gasteiger partial charge in [0.2, 0.25) is 0 Å². The van der Waals surface area contributed by atoms with Crippen LogP contribution in [0.25, 0.3) is 5.65 Å². The van der Waals surface area contributed by atoms with Crippen molar-refractivity contribution in [3.8, 4) is 0 Å². The number of halogens is 1. The van der Waals surface area contributed by atoms with Crippen LogP contribution in [0.2, 0.25) is 0 Å². The number of aliphatic hydroxyl groups is 1. The first-order chi connectivity index (χ1) is 18.0. The molecule has 1 saturated heterocycles. The van der Waals surface area contributed by atoms with Crippen molar-refractivity contribution in [2.24, 2.45) is 0 Å². The van der Waals surface area contributed by atoms with Crippen LogP contribution < -0.4 is 10.2 Å². The monoisotopic (exact) mass is 523 g/mol. The molecule has 5 rings (SSSR count). The molecule has 202 valence electrons. The van der Waals surface area contributed by atoms with E-state index in [9.17, 15) is 19.1 Å². The van der Waals surface area contributed by atoms with Crippen LogP contribution in [0.15, 0.2) is 36.8 Å². The topological polar surface area (TPSA) is 106 Å². The van der Waals surface area contributed by atoms with Gasteiger partial charge in [-0.05, 0) is 51.5 Å². The Morgan fingerprint density at radius 3 is 2.63 bits per heavy atom. The van der Waals surface area contributed by atoms with Gasteiger partial charge in [-0.1, -0.05) is 0 Å². The highest BCUT2D eigenvalue weighted by molar-refractivity contribution is 6.10. The zero-order valence-electron chi connectivity index (χ0n) is 22.2. The molecular formula is C27H34FN7O3. The number of hydrogen-bond donors (Lipinski definition) is 2. The van der Waals surface area contributed by atoms with Crippen LogP contribution in [0.5, 0.6) is 0 Å². The molecule has 0 aliphatic carbocycles. The van der Waals surface area contributed by atoms with Gasteiger partial charge < -0.3 is 20.2 Å². The van der Waals surface area contributed by atoms with Crippen molar-refractivity contribution in [3.63, 3.8) is 0 Å². The van der Waals surface area contributed by atoms with E-state index in [4.69, 9.17) is 0 Å². The first-order valence-electron chi connectivity index (χ1n) is 12.9. The number of carbonyl (C=O) groups is 2. The Hall–Kier alpha value is -3.57. The first-order valence-corrected chi connectivity index (χ1v) is 12.9. The standard InChI is InChI=1S/C27H34FN7O3/c1-17(2)32-8-10-33(11-9-32)22-13-19-18(15-34(26(19)37)16-23(28)27(3,4)38)12-21(22)31-25(36)20-14-30-35-7-5-6-29-24(20)35/h5-7,12-14,17,23,38H,8-11,15-16H2,1-4H3,(H,31,36). The van der Waals surface area contributed by atoms with Gasteiger partial charge in [-0.3, -0.25) is 14.5 Å². The summed E-state index contributed by atoms with van der Waals surface area (Å²) >= 11 is 0. The van der Waals surface area contributed by atoms with Gasteiger partial charge in [0.05, 0.1) is 29.7 Å². The maximum absolute atomic E-state index is 14.6. The van der Waals surface area contributed by atoms with E-state index in [-0.39, 0.29) is 24.9 Å².